The van der Waals surface area contributed by atoms with E-state index >= 15 is 0 Å². The summed E-state index contributed by atoms with van der Waals surface area (Å²) in [5.74, 6) is 0.745. The number of hydrogen-bond donors (Lipinski definition) is 0. The van der Waals surface area contributed by atoms with E-state index in [-0.39, 0.29) is 5.56 Å². The van der Waals surface area contributed by atoms with Crippen molar-refractivity contribution in [2.45, 2.75) is 116 Å². The van der Waals surface area contributed by atoms with Gasteiger partial charge in [-0.15, -0.1) is 0 Å². The second kappa shape index (κ2) is 16.9. The Morgan fingerprint density at radius 1 is 0.591 bits per heavy atom. The summed E-state index contributed by atoms with van der Waals surface area (Å²) in [6, 6.07) is 22.2. The molecule has 0 saturated heterocycles. The highest BCUT2D eigenvalue weighted by Crippen LogP contribution is 2.31. The Labute approximate surface area is 263 Å². The van der Waals surface area contributed by atoms with Gasteiger partial charge >= 0.3 is 0 Å². The highest BCUT2D eigenvalue weighted by atomic mass is 16.1. The van der Waals surface area contributed by atoms with Gasteiger partial charge in [0.25, 0.3) is 5.56 Å². The number of aromatic nitrogens is 4. The van der Waals surface area contributed by atoms with Crippen LogP contribution in [0.3, 0.4) is 0 Å². The Morgan fingerprint density at radius 3 is 1.73 bits per heavy atom. The molecule has 0 spiro atoms. The molecule has 5 heteroatoms. The zero-order valence-corrected chi connectivity index (χ0v) is 26.7. The summed E-state index contributed by atoms with van der Waals surface area (Å²) < 4.78 is 4.02. The summed E-state index contributed by atoms with van der Waals surface area (Å²) in [6.07, 6.45) is 25.0. The summed E-state index contributed by atoms with van der Waals surface area (Å²) in [7, 11) is 0. The van der Waals surface area contributed by atoms with Crippen LogP contribution in [0.5, 0.6) is 0 Å². The molecule has 5 rings (SSSR count). The van der Waals surface area contributed by atoms with Crippen molar-refractivity contribution in [2.75, 3.05) is 0 Å². The van der Waals surface area contributed by atoms with E-state index in [1.807, 2.05) is 69.8 Å². The molecule has 3 aromatic heterocycles. The van der Waals surface area contributed by atoms with Gasteiger partial charge in [0.1, 0.15) is 17.0 Å². The van der Waals surface area contributed by atoms with Crippen LogP contribution in [0.4, 0.5) is 0 Å². The fraction of sp³-hybridized carbons (Fsp3) is 0.462. The summed E-state index contributed by atoms with van der Waals surface area (Å²) in [5, 5.41) is 0. The van der Waals surface area contributed by atoms with Crippen LogP contribution >= 0.6 is 0 Å². The minimum absolute atomic E-state index is 0.0196. The smallest absolute Gasteiger partial charge is 0.277 e. The molecule has 232 valence electrons. The third-order valence-corrected chi connectivity index (χ3v) is 8.94. The molecule has 5 nitrogen and oxygen atoms in total. The van der Waals surface area contributed by atoms with E-state index in [1.54, 1.807) is 6.20 Å². The predicted molar refractivity (Wildman–Crippen MR) is 185 cm³/mol. The van der Waals surface area contributed by atoms with Crippen molar-refractivity contribution in [3.8, 4) is 22.6 Å². The molecule has 0 radical (unpaired) electrons. The van der Waals surface area contributed by atoms with Crippen LogP contribution in [0, 0.1) is 0 Å². The van der Waals surface area contributed by atoms with Crippen LogP contribution in [0.15, 0.2) is 83.9 Å². The number of para-hydroxylation sites is 2. The number of hydrogen-bond acceptors (Lipinski definition) is 3. The number of rotatable bonds is 19. The normalized spacial score (nSPS) is 11.6. The zero-order valence-electron chi connectivity index (χ0n) is 26.7. The SMILES string of the molecule is CCCCCCCCCCCCCCCCCCn1c(=O)c2c(-c3ccccc3)nc(-c3cccnc3)n2c2ccccc21. The van der Waals surface area contributed by atoms with Gasteiger partial charge in [0.15, 0.2) is 0 Å². The third kappa shape index (κ3) is 8.05. The molecule has 0 fully saturated rings. The van der Waals surface area contributed by atoms with Crippen LogP contribution in [-0.2, 0) is 6.54 Å². The molecule has 0 amide bonds. The van der Waals surface area contributed by atoms with Crippen molar-refractivity contribution in [2.24, 2.45) is 0 Å². The Balaban J connectivity index is 1.20. The molecule has 3 heterocycles. The topological polar surface area (TPSA) is 52.2 Å². The van der Waals surface area contributed by atoms with E-state index in [0.717, 1.165) is 53.1 Å². The van der Waals surface area contributed by atoms with Crippen LogP contribution in [0.25, 0.3) is 39.2 Å². The van der Waals surface area contributed by atoms with Gasteiger partial charge in [0, 0.05) is 30.1 Å². The number of nitrogens with zero attached hydrogens (tertiary/aromatic N) is 4. The minimum Gasteiger partial charge on any atom is -0.305 e. The average molecular weight is 591 g/mol. The van der Waals surface area contributed by atoms with Gasteiger partial charge in [-0.2, -0.15) is 0 Å². The molecule has 0 saturated carbocycles. The number of unbranched alkanes of at least 4 members (excludes halogenated alkanes) is 15. The van der Waals surface area contributed by atoms with Crippen molar-refractivity contribution < 1.29 is 0 Å². The molecular weight excluding hydrogens is 540 g/mol. The van der Waals surface area contributed by atoms with Gasteiger partial charge in [-0.25, -0.2) is 4.98 Å². The Bertz CT molecular complexity index is 1620. The van der Waals surface area contributed by atoms with Crippen LogP contribution in [0.1, 0.15) is 110 Å². The standard InChI is InChI=1S/C39H50N4O/c1-2-3-4-5-6-7-8-9-10-11-12-13-14-15-16-22-30-42-34-27-20-21-28-35(34)43-37(39(42)44)36(32-24-18-17-19-25-32)41-38(43)33-26-23-29-40-31-33/h17-21,23-29,31H,2-16,22,30H2,1H3. The first-order valence-electron chi connectivity index (χ1n) is 17.3. The molecule has 0 atom stereocenters. The number of benzene rings is 2. The first kappa shape index (κ1) is 31.7. The lowest BCUT2D eigenvalue weighted by Crippen LogP contribution is -2.23. The molecule has 0 aliphatic carbocycles. The molecule has 2 aromatic carbocycles. The first-order valence-corrected chi connectivity index (χ1v) is 17.3. The van der Waals surface area contributed by atoms with E-state index in [1.165, 1.54) is 89.9 Å². The monoisotopic (exact) mass is 590 g/mol. The molecular formula is C39H50N4O. The van der Waals surface area contributed by atoms with Crippen molar-refractivity contribution in [1.82, 2.24) is 18.9 Å². The molecule has 0 bridgehead atoms. The van der Waals surface area contributed by atoms with Crippen molar-refractivity contribution in [3.05, 3.63) is 89.5 Å². The highest BCUT2D eigenvalue weighted by Gasteiger charge is 2.21. The lowest BCUT2D eigenvalue weighted by atomic mass is 10.0. The van der Waals surface area contributed by atoms with Gasteiger partial charge in [-0.3, -0.25) is 14.2 Å². The maximum atomic E-state index is 14.3. The summed E-state index contributed by atoms with van der Waals surface area (Å²) in [4.78, 5) is 23.7. The average Bonchev–Trinajstić information content (AvgIpc) is 3.48. The van der Waals surface area contributed by atoms with E-state index in [2.05, 4.69) is 24.0 Å². The second-order valence-corrected chi connectivity index (χ2v) is 12.3. The lowest BCUT2D eigenvalue weighted by Gasteiger charge is -2.14. The predicted octanol–water partition coefficient (Wildman–Crippen LogP) is 10.6. The van der Waals surface area contributed by atoms with Gasteiger partial charge in [0.2, 0.25) is 0 Å². The quantitative estimate of drug-likeness (QED) is 0.0899. The Kier molecular flexibility index (Phi) is 12.2. The Hall–Kier alpha value is -3.73. The number of pyridine rings is 1. The fourth-order valence-electron chi connectivity index (χ4n) is 6.50. The molecule has 5 aromatic rings. The molecule has 0 unspecified atom stereocenters. The minimum atomic E-state index is 0.0196. The van der Waals surface area contributed by atoms with E-state index in [9.17, 15) is 4.79 Å². The van der Waals surface area contributed by atoms with Crippen LogP contribution in [-0.4, -0.2) is 18.9 Å². The summed E-state index contributed by atoms with van der Waals surface area (Å²) >= 11 is 0. The van der Waals surface area contributed by atoms with Gasteiger partial charge in [0.05, 0.1) is 11.0 Å². The molecule has 0 aliphatic rings. The van der Waals surface area contributed by atoms with Gasteiger partial charge in [-0.1, -0.05) is 146 Å². The fourth-order valence-corrected chi connectivity index (χ4v) is 6.50. The first-order chi connectivity index (χ1) is 21.8. The summed E-state index contributed by atoms with van der Waals surface area (Å²) in [5.41, 5.74) is 5.16. The van der Waals surface area contributed by atoms with Crippen molar-refractivity contribution in [1.29, 1.82) is 0 Å². The van der Waals surface area contributed by atoms with Crippen LogP contribution < -0.4 is 5.56 Å². The maximum Gasteiger partial charge on any atom is 0.277 e. The van der Waals surface area contributed by atoms with Crippen molar-refractivity contribution >= 4 is 16.6 Å². The van der Waals surface area contributed by atoms with E-state index in [0.29, 0.717) is 5.52 Å². The zero-order chi connectivity index (χ0) is 30.4. The highest BCUT2D eigenvalue weighted by molar-refractivity contribution is 5.88. The maximum absolute atomic E-state index is 14.3. The molecule has 44 heavy (non-hydrogen) atoms. The third-order valence-electron chi connectivity index (χ3n) is 8.94. The second-order valence-electron chi connectivity index (χ2n) is 12.3. The lowest BCUT2D eigenvalue weighted by molar-refractivity contribution is 0.521. The Morgan fingerprint density at radius 2 is 1.14 bits per heavy atom. The molecule has 0 aliphatic heterocycles. The largest absolute Gasteiger partial charge is 0.305 e. The van der Waals surface area contributed by atoms with Gasteiger partial charge in [-0.05, 0) is 30.7 Å². The number of fused-ring (bicyclic) bond motifs is 3. The number of aryl methyl sites for hydroxylation is 1. The van der Waals surface area contributed by atoms with E-state index in [4.69, 9.17) is 4.98 Å². The van der Waals surface area contributed by atoms with Gasteiger partial charge < -0.3 is 4.57 Å². The molecule has 0 N–H and O–H groups in total. The number of imidazole rings is 1. The van der Waals surface area contributed by atoms with E-state index < -0.39 is 0 Å². The van der Waals surface area contributed by atoms with Crippen LogP contribution in [0.2, 0.25) is 0 Å². The van der Waals surface area contributed by atoms with Crippen molar-refractivity contribution in [3.63, 3.8) is 0 Å². The summed E-state index contributed by atoms with van der Waals surface area (Å²) in [6.45, 7) is 3.00.